The first-order valence-electron chi connectivity index (χ1n) is 9.09. The highest BCUT2D eigenvalue weighted by Crippen LogP contribution is 2.16. The molecular formula is C22H21N3O4. The highest BCUT2D eigenvalue weighted by atomic mass is 16.5. The second-order valence-electron chi connectivity index (χ2n) is 6.40. The number of nitrogens with one attached hydrogen (secondary N) is 2. The van der Waals surface area contributed by atoms with Crippen molar-refractivity contribution in [2.45, 2.75) is 6.42 Å². The van der Waals surface area contributed by atoms with Gasteiger partial charge in [0.2, 0.25) is 5.91 Å². The topological polar surface area (TPSA) is 111 Å². The standard InChI is InChI=1S/C22H21N3O4/c23-20(26)14-29-19-9-7-18(8-10-19)25-21(27)11-12-24-22(28)17-6-5-15-3-1-2-4-16(15)13-17/h1-10,13H,11-12,14H2,(H2,23,26)(H,24,28)(H,25,27). The molecule has 0 spiro atoms. The summed E-state index contributed by atoms with van der Waals surface area (Å²) in [5.74, 6) is -0.535. The zero-order valence-corrected chi connectivity index (χ0v) is 15.7. The molecule has 29 heavy (non-hydrogen) atoms. The van der Waals surface area contributed by atoms with Gasteiger partial charge in [0, 0.05) is 24.2 Å². The smallest absolute Gasteiger partial charge is 0.255 e. The Morgan fingerprint density at radius 1 is 0.897 bits per heavy atom. The zero-order valence-electron chi connectivity index (χ0n) is 15.7. The number of hydrogen-bond acceptors (Lipinski definition) is 4. The van der Waals surface area contributed by atoms with E-state index in [0.717, 1.165) is 10.8 Å². The number of primary amides is 1. The van der Waals surface area contributed by atoms with Gasteiger partial charge in [0.05, 0.1) is 0 Å². The summed E-state index contributed by atoms with van der Waals surface area (Å²) in [6.45, 7) is 0.0138. The normalized spacial score (nSPS) is 10.3. The van der Waals surface area contributed by atoms with Gasteiger partial charge in [0.25, 0.3) is 11.8 Å². The molecule has 7 nitrogen and oxygen atoms in total. The number of nitrogens with two attached hydrogens (primary N) is 1. The molecule has 0 saturated heterocycles. The van der Waals surface area contributed by atoms with Gasteiger partial charge < -0.3 is 21.1 Å². The lowest BCUT2D eigenvalue weighted by atomic mass is 10.1. The minimum atomic E-state index is -0.562. The molecule has 0 atom stereocenters. The van der Waals surface area contributed by atoms with Gasteiger partial charge in [-0.05, 0) is 47.2 Å². The van der Waals surface area contributed by atoms with Gasteiger partial charge in [0.1, 0.15) is 5.75 Å². The van der Waals surface area contributed by atoms with E-state index < -0.39 is 5.91 Å². The predicted molar refractivity (Wildman–Crippen MR) is 111 cm³/mol. The zero-order chi connectivity index (χ0) is 20.6. The molecule has 0 aliphatic carbocycles. The van der Waals surface area contributed by atoms with Crippen molar-refractivity contribution in [2.24, 2.45) is 5.73 Å². The summed E-state index contributed by atoms with van der Waals surface area (Å²) in [5, 5.41) is 7.54. The number of carbonyl (C=O) groups excluding carboxylic acids is 3. The van der Waals surface area contributed by atoms with Crippen molar-refractivity contribution in [3.05, 3.63) is 72.3 Å². The molecule has 3 aromatic carbocycles. The van der Waals surface area contributed by atoms with Crippen LogP contribution in [0, 0.1) is 0 Å². The molecule has 148 valence electrons. The number of carbonyl (C=O) groups is 3. The molecule has 0 radical (unpaired) electrons. The number of amides is 3. The second-order valence-corrected chi connectivity index (χ2v) is 6.40. The average Bonchev–Trinajstić information content (AvgIpc) is 2.72. The molecule has 0 aliphatic rings. The Kier molecular flexibility index (Phi) is 6.42. The van der Waals surface area contributed by atoms with Gasteiger partial charge in [0.15, 0.2) is 6.61 Å². The molecule has 3 aromatic rings. The van der Waals surface area contributed by atoms with Crippen LogP contribution in [0.5, 0.6) is 5.75 Å². The SMILES string of the molecule is NC(=O)COc1ccc(NC(=O)CCNC(=O)c2ccc3ccccc3c2)cc1. The Morgan fingerprint density at radius 3 is 2.34 bits per heavy atom. The Morgan fingerprint density at radius 2 is 1.62 bits per heavy atom. The molecule has 0 aliphatic heterocycles. The summed E-state index contributed by atoms with van der Waals surface area (Å²) in [5.41, 5.74) is 6.15. The van der Waals surface area contributed by atoms with Gasteiger partial charge in [-0.2, -0.15) is 0 Å². The number of benzene rings is 3. The molecule has 0 unspecified atom stereocenters. The van der Waals surface area contributed by atoms with E-state index in [9.17, 15) is 14.4 Å². The van der Waals surface area contributed by atoms with E-state index >= 15 is 0 Å². The van der Waals surface area contributed by atoms with Crippen molar-refractivity contribution in [2.75, 3.05) is 18.5 Å². The first kappa shape index (κ1) is 19.9. The highest BCUT2D eigenvalue weighted by Gasteiger charge is 2.08. The number of hydrogen-bond donors (Lipinski definition) is 3. The van der Waals surface area contributed by atoms with Crippen molar-refractivity contribution >= 4 is 34.2 Å². The van der Waals surface area contributed by atoms with E-state index in [4.69, 9.17) is 10.5 Å². The summed E-state index contributed by atoms with van der Waals surface area (Å²) in [6, 6.07) is 19.8. The molecule has 4 N–H and O–H groups in total. The first-order chi connectivity index (χ1) is 14.0. The fourth-order valence-corrected chi connectivity index (χ4v) is 2.73. The quantitative estimate of drug-likeness (QED) is 0.548. The lowest BCUT2D eigenvalue weighted by molar-refractivity contribution is -0.120. The fraction of sp³-hybridized carbons (Fsp3) is 0.136. The molecule has 0 saturated carbocycles. The van der Waals surface area contributed by atoms with Crippen LogP contribution in [0.3, 0.4) is 0 Å². The lowest BCUT2D eigenvalue weighted by Crippen LogP contribution is -2.27. The van der Waals surface area contributed by atoms with Crippen LogP contribution in [0.2, 0.25) is 0 Å². The Hall–Kier alpha value is -3.87. The van der Waals surface area contributed by atoms with Crippen molar-refractivity contribution < 1.29 is 19.1 Å². The van der Waals surface area contributed by atoms with Gasteiger partial charge in [-0.25, -0.2) is 0 Å². The minimum Gasteiger partial charge on any atom is -0.484 e. The van der Waals surface area contributed by atoms with Crippen LogP contribution in [0.25, 0.3) is 10.8 Å². The van der Waals surface area contributed by atoms with Crippen molar-refractivity contribution in [1.29, 1.82) is 0 Å². The Balaban J connectivity index is 1.45. The van der Waals surface area contributed by atoms with E-state index in [0.29, 0.717) is 17.0 Å². The Labute approximate surface area is 167 Å². The molecule has 3 amide bonds. The van der Waals surface area contributed by atoms with Crippen LogP contribution in [-0.4, -0.2) is 30.9 Å². The minimum absolute atomic E-state index is 0.138. The molecular weight excluding hydrogens is 370 g/mol. The first-order valence-corrected chi connectivity index (χ1v) is 9.09. The Bertz CT molecular complexity index is 1030. The van der Waals surface area contributed by atoms with Crippen LogP contribution in [0.15, 0.2) is 66.7 Å². The van der Waals surface area contributed by atoms with Crippen LogP contribution in [0.1, 0.15) is 16.8 Å². The van der Waals surface area contributed by atoms with Gasteiger partial charge in [-0.3, -0.25) is 14.4 Å². The van der Waals surface area contributed by atoms with Gasteiger partial charge in [-0.15, -0.1) is 0 Å². The van der Waals surface area contributed by atoms with E-state index in [1.54, 1.807) is 30.3 Å². The third-order valence-electron chi connectivity index (χ3n) is 4.17. The fourth-order valence-electron chi connectivity index (χ4n) is 2.73. The molecule has 0 aromatic heterocycles. The van der Waals surface area contributed by atoms with E-state index in [1.165, 1.54) is 0 Å². The summed E-state index contributed by atoms with van der Waals surface area (Å²) in [6.07, 6.45) is 0.138. The molecule has 0 bridgehead atoms. The lowest BCUT2D eigenvalue weighted by Gasteiger charge is -2.08. The van der Waals surface area contributed by atoms with Crippen molar-refractivity contribution in [3.63, 3.8) is 0 Å². The summed E-state index contributed by atoms with van der Waals surface area (Å²) < 4.78 is 5.15. The van der Waals surface area contributed by atoms with Crippen LogP contribution in [-0.2, 0) is 9.59 Å². The maximum atomic E-state index is 12.3. The average molecular weight is 391 g/mol. The maximum Gasteiger partial charge on any atom is 0.255 e. The second kappa shape index (κ2) is 9.36. The number of rotatable bonds is 8. The largest absolute Gasteiger partial charge is 0.484 e. The van der Waals surface area contributed by atoms with Crippen LogP contribution < -0.4 is 21.1 Å². The van der Waals surface area contributed by atoms with Crippen molar-refractivity contribution in [1.82, 2.24) is 5.32 Å². The summed E-state index contributed by atoms with van der Waals surface area (Å²) >= 11 is 0. The van der Waals surface area contributed by atoms with Crippen molar-refractivity contribution in [3.8, 4) is 5.75 Å². The maximum absolute atomic E-state index is 12.3. The van der Waals surface area contributed by atoms with E-state index in [2.05, 4.69) is 10.6 Å². The predicted octanol–water partition coefficient (Wildman–Crippen LogP) is 2.46. The number of fused-ring (bicyclic) bond motifs is 1. The molecule has 7 heteroatoms. The third kappa shape index (κ3) is 5.80. The monoisotopic (exact) mass is 391 g/mol. The van der Waals surface area contributed by atoms with E-state index in [1.807, 2.05) is 36.4 Å². The number of anilines is 1. The molecule has 0 fully saturated rings. The molecule has 0 heterocycles. The number of ether oxygens (including phenoxy) is 1. The molecule has 3 rings (SSSR count). The van der Waals surface area contributed by atoms with Crippen LogP contribution >= 0.6 is 0 Å². The van der Waals surface area contributed by atoms with Gasteiger partial charge in [-0.1, -0.05) is 30.3 Å². The highest BCUT2D eigenvalue weighted by molar-refractivity contribution is 5.99. The summed E-state index contributed by atoms with van der Waals surface area (Å²) in [4.78, 5) is 35.0. The third-order valence-corrected chi connectivity index (χ3v) is 4.17. The van der Waals surface area contributed by atoms with Crippen LogP contribution in [0.4, 0.5) is 5.69 Å². The van der Waals surface area contributed by atoms with E-state index in [-0.39, 0.29) is 31.4 Å². The summed E-state index contributed by atoms with van der Waals surface area (Å²) in [7, 11) is 0. The van der Waals surface area contributed by atoms with Gasteiger partial charge >= 0.3 is 0 Å².